The minimum absolute atomic E-state index is 1.00. The van der Waals surface area contributed by atoms with Gasteiger partial charge < -0.3 is 0 Å². The summed E-state index contributed by atoms with van der Waals surface area (Å²) in [5.74, 6) is 0. The number of hydrogen-bond donors (Lipinski definition) is 0. The SMILES string of the molecule is Cc1c2ccccc2c(-c2cccc(-c3ccc4ccccc4n3)c2)c2ccccc12. The van der Waals surface area contributed by atoms with E-state index in [9.17, 15) is 0 Å². The standard InChI is InChI=1S/C30H21N/c1-20-24-12-3-5-14-26(24)30(27-15-6-4-13-25(20)27)23-11-8-10-22(19-23)29-18-17-21-9-2-7-16-28(21)31-29/h2-19H,1H3. The number of aryl methyl sites for hydroxylation is 1. The second-order valence-corrected chi connectivity index (χ2v) is 8.06. The highest BCUT2D eigenvalue weighted by Crippen LogP contribution is 2.39. The zero-order valence-electron chi connectivity index (χ0n) is 17.3. The Kier molecular flexibility index (Phi) is 4.07. The van der Waals surface area contributed by atoms with E-state index in [0.717, 1.165) is 22.2 Å². The smallest absolute Gasteiger partial charge is 0.0709 e. The minimum Gasteiger partial charge on any atom is -0.248 e. The van der Waals surface area contributed by atoms with E-state index in [2.05, 4.69) is 110 Å². The molecule has 0 saturated heterocycles. The molecular weight excluding hydrogens is 374 g/mol. The van der Waals surface area contributed by atoms with Crippen LogP contribution in [0, 0.1) is 6.92 Å². The summed E-state index contributed by atoms with van der Waals surface area (Å²) in [7, 11) is 0. The molecule has 1 heteroatoms. The van der Waals surface area contributed by atoms with Crippen molar-refractivity contribution in [2.45, 2.75) is 6.92 Å². The van der Waals surface area contributed by atoms with Crippen LogP contribution in [0.2, 0.25) is 0 Å². The van der Waals surface area contributed by atoms with Crippen LogP contribution < -0.4 is 0 Å². The van der Waals surface area contributed by atoms with Crippen molar-refractivity contribution in [3.8, 4) is 22.4 Å². The number of aromatic nitrogens is 1. The predicted molar refractivity (Wildman–Crippen MR) is 132 cm³/mol. The molecular formula is C30H21N. The molecule has 31 heavy (non-hydrogen) atoms. The maximum atomic E-state index is 4.92. The first-order chi connectivity index (χ1) is 15.3. The number of hydrogen-bond acceptors (Lipinski definition) is 1. The Morgan fingerprint density at radius 2 is 1.13 bits per heavy atom. The lowest BCUT2D eigenvalue weighted by atomic mass is 9.88. The number of pyridine rings is 1. The van der Waals surface area contributed by atoms with Gasteiger partial charge in [-0.05, 0) is 63.4 Å². The topological polar surface area (TPSA) is 12.9 Å². The van der Waals surface area contributed by atoms with Gasteiger partial charge in [-0.15, -0.1) is 0 Å². The van der Waals surface area contributed by atoms with Gasteiger partial charge in [-0.1, -0.05) is 91.0 Å². The summed E-state index contributed by atoms with van der Waals surface area (Å²) in [4.78, 5) is 4.92. The van der Waals surface area contributed by atoms with E-state index in [1.54, 1.807) is 0 Å². The number of benzene rings is 5. The monoisotopic (exact) mass is 395 g/mol. The fraction of sp³-hybridized carbons (Fsp3) is 0.0333. The maximum absolute atomic E-state index is 4.92. The fourth-order valence-electron chi connectivity index (χ4n) is 4.72. The van der Waals surface area contributed by atoms with Gasteiger partial charge in [0, 0.05) is 10.9 Å². The Balaban J connectivity index is 1.62. The molecule has 0 N–H and O–H groups in total. The highest BCUT2D eigenvalue weighted by molar-refractivity contribution is 6.15. The first kappa shape index (κ1) is 17.9. The molecule has 0 bridgehead atoms. The second-order valence-electron chi connectivity index (χ2n) is 8.06. The van der Waals surface area contributed by atoms with Crippen molar-refractivity contribution in [2.24, 2.45) is 0 Å². The number of nitrogens with zero attached hydrogens (tertiary/aromatic N) is 1. The second kappa shape index (κ2) is 7.07. The fourth-order valence-corrected chi connectivity index (χ4v) is 4.72. The molecule has 0 radical (unpaired) electrons. The van der Waals surface area contributed by atoms with E-state index in [1.165, 1.54) is 38.2 Å². The summed E-state index contributed by atoms with van der Waals surface area (Å²) in [6, 6.07) is 38.8. The molecule has 6 rings (SSSR count). The lowest BCUT2D eigenvalue weighted by Crippen LogP contribution is -1.90. The van der Waals surface area contributed by atoms with Gasteiger partial charge in [-0.25, -0.2) is 4.98 Å². The highest BCUT2D eigenvalue weighted by atomic mass is 14.7. The molecule has 1 nitrogen and oxygen atoms in total. The van der Waals surface area contributed by atoms with Crippen LogP contribution in [-0.2, 0) is 0 Å². The van der Waals surface area contributed by atoms with Gasteiger partial charge in [0.25, 0.3) is 0 Å². The Morgan fingerprint density at radius 3 is 1.87 bits per heavy atom. The molecule has 5 aromatic carbocycles. The van der Waals surface area contributed by atoms with Crippen molar-refractivity contribution in [1.82, 2.24) is 4.98 Å². The van der Waals surface area contributed by atoms with Gasteiger partial charge in [-0.3, -0.25) is 0 Å². The Morgan fingerprint density at radius 1 is 0.516 bits per heavy atom. The van der Waals surface area contributed by atoms with Gasteiger partial charge in [-0.2, -0.15) is 0 Å². The van der Waals surface area contributed by atoms with Gasteiger partial charge >= 0.3 is 0 Å². The van der Waals surface area contributed by atoms with E-state index in [0.29, 0.717) is 0 Å². The Hall–Kier alpha value is -3.97. The van der Waals surface area contributed by atoms with Gasteiger partial charge in [0.2, 0.25) is 0 Å². The first-order valence-electron chi connectivity index (χ1n) is 10.7. The van der Waals surface area contributed by atoms with Crippen LogP contribution in [0.4, 0.5) is 0 Å². The van der Waals surface area contributed by atoms with Crippen LogP contribution in [0.15, 0.2) is 109 Å². The van der Waals surface area contributed by atoms with Crippen molar-refractivity contribution in [3.63, 3.8) is 0 Å². The molecule has 6 aromatic rings. The van der Waals surface area contributed by atoms with Crippen LogP contribution >= 0.6 is 0 Å². The van der Waals surface area contributed by atoms with E-state index < -0.39 is 0 Å². The maximum Gasteiger partial charge on any atom is 0.0709 e. The predicted octanol–water partition coefficient (Wildman–Crippen LogP) is 8.18. The average Bonchev–Trinajstić information content (AvgIpc) is 2.84. The molecule has 0 saturated carbocycles. The summed E-state index contributed by atoms with van der Waals surface area (Å²) in [5, 5.41) is 6.37. The summed E-state index contributed by atoms with van der Waals surface area (Å²) in [5.41, 5.74) is 7.01. The van der Waals surface area contributed by atoms with Crippen molar-refractivity contribution < 1.29 is 0 Å². The molecule has 1 heterocycles. The van der Waals surface area contributed by atoms with Gasteiger partial charge in [0.1, 0.15) is 0 Å². The third kappa shape index (κ3) is 2.90. The van der Waals surface area contributed by atoms with E-state index in [-0.39, 0.29) is 0 Å². The third-order valence-electron chi connectivity index (χ3n) is 6.25. The highest BCUT2D eigenvalue weighted by Gasteiger charge is 2.13. The van der Waals surface area contributed by atoms with Crippen LogP contribution in [0.5, 0.6) is 0 Å². The third-order valence-corrected chi connectivity index (χ3v) is 6.25. The normalized spacial score (nSPS) is 11.4. The van der Waals surface area contributed by atoms with E-state index in [1.807, 2.05) is 6.07 Å². The van der Waals surface area contributed by atoms with Crippen LogP contribution in [-0.4, -0.2) is 4.98 Å². The van der Waals surface area contributed by atoms with Crippen LogP contribution in [0.3, 0.4) is 0 Å². The molecule has 0 spiro atoms. The number of fused-ring (bicyclic) bond motifs is 3. The molecule has 0 fully saturated rings. The average molecular weight is 396 g/mol. The minimum atomic E-state index is 1.00. The molecule has 0 atom stereocenters. The molecule has 0 aliphatic rings. The summed E-state index contributed by atoms with van der Waals surface area (Å²) < 4.78 is 0. The molecule has 1 aromatic heterocycles. The number of rotatable bonds is 2. The van der Waals surface area contributed by atoms with Crippen molar-refractivity contribution in [1.29, 1.82) is 0 Å². The largest absolute Gasteiger partial charge is 0.248 e. The summed E-state index contributed by atoms with van der Waals surface area (Å²) in [6.07, 6.45) is 0. The zero-order valence-corrected chi connectivity index (χ0v) is 17.3. The molecule has 0 aliphatic carbocycles. The molecule has 0 unspecified atom stereocenters. The van der Waals surface area contributed by atoms with Crippen molar-refractivity contribution >= 4 is 32.4 Å². The Bertz CT molecular complexity index is 1540. The number of para-hydroxylation sites is 1. The van der Waals surface area contributed by atoms with Gasteiger partial charge in [0.05, 0.1) is 11.2 Å². The Labute approximate surface area is 181 Å². The zero-order chi connectivity index (χ0) is 20.8. The van der Waals surface area contributed by atoms with Crippen molar-refractivity contribution in [2.75, 3.05) is 0 Å². The first-order valence-corrected chi connectivity index (χ1v) is 10.7. The van der Waals surface area contributed by atoms with Crippen molar-refractivity contribution in [3.05, 3.63) is 115 Å². The van der Waals surface area contributed by atoms with E-state index >= 15 is 0 Å². The van der Waals surface area contributed by atoms with E-state index in [4.69, 9.17) is 4.98 Å². The molecule has 0 amide bonds. The van der Waals surface area contributed by atoms with Gasteiger partial charge in [0.15, 0.2) is 0 Å². The molecule has 0 aliphatic heterocycles. The summed E-state index contributed by atoms with van der Waals surface area (Å²) in [6.45, 7) is 2.23. The molecule has 146 valence electrons. The quantitative estimate of drug-likeness (QED) is 0.269. The summed E-state index contributed by atoms with van der Waals surface area (Å²) >= 11 is 0. The van der Waals surface area contributed by atoms with Crippen LogP contribution in [0.1, 0.15) is 5.56 Å². The lowest BCUT2D eigenvalue weighted by Gasteiger charge is -2.16. The van der Waals surface area contributed by atoms with Crippen LogP contribution in [0.25, 0.3) is 54.8 Å². The lowest BCUT2D eigenvalue weighted by molar-refractivity contribution is 1.40.